The van der Waals surface area contributed by atoms with Gasteiger partial charge in [-0.3, -0.25) is 19.8 Å². The fraction of sp³-hybridized carbons (Fsp3) is 0.370. The minimum atomic E-state index is -4.17. The smallest absolute Gasteiger partial charge is 0.268 e. The Morgan fingerprint density at radius 3 is 2.49 bits per heavy atom. The number of para-hydroxylation sites is 1. The van der Waals surface area contributed by atoms with Crippen LogP contribution in [0, 0.1) is 12.8 Å². The van der Waals surface area contributed by atoms with Crippen LogP contribution in [0.4, 0.5) is 0 Å². The van der Waals surface area contributed by atoms with Gasteiger partial charge in [0.05, 0.1) is 29.6 Å². The van der Waals surface area contributed by atoms with Crippen LogP contribution in [0.1, 0.15) is 24.1 Å². The SMILES string of the molecule is COC1CC(C(=O)N2CC(NS(=O)(=O)c3ccc(OCc4cc(C)nc5ccccc45)cc3)(C(=O)NO)C2)C1. The number of methoxy groups -OCH3 is 1. The summed E-state index contributed by atoms with van der Waals surface area (Å²) in [6.45, 7) is 1.80. The molecule has 2 heterocycles. The second-order valence-corrected chi connectivity index (χ2v) is 11.7. The number of amides is 2. The number of carbonyl (C=O) groups excluding carboxylic acids is 2. The number of carbonyl (C=O) groups is 2. The van der Waals surface area contributed by atoms with Crippen LogP contribution in [0.25, 0.3) is 10.9 Å². The Balaban J connectivity index is 1.25. The van der Waals surface area contributed by atoms with Crippen LogP contribution < -0.4 is 14.9 Å². The van der Waals surface area contributed by atoms with E-state index >= 15 is 0 Å². The van der Waals surface area contributed by atoms with Gasteiger partial charge in [-0.05, 0) is 56.2 Å². The maximum Gasteiger partial charge on any atom is 0.268 e. The van der Waals surface area contributed by atoms with Crippen molar-refractivity contribution >= 4 is 32.7 Å². The van der Waals surface area contributed by atoms with E-state index < -0.39 is 21.5 Å². The molecule has 39 heavy (non-hydrogen) atoms. The van der Waals surface area contributed by atoms with Gasteiger partial charge in [0.25, 0.3) is 5.91 Å². The molecule has 11 nitrogen and oxygen atoms in total. The van der Waals surface area contributed by atoms with Gasteiger partial charge in [0.1, 0.15) is 17.9 Å². The highest BCUT2D eigenvalue weighted by Gasteiger charge is 2.55. The van der Waals surface area contributed by atoms with Gasteiger partial charge >= 0.3 is 0 Å². The summed E-state index contributed by atoms with van der Waals surface area (Å²) in [7, 11) is -2.58. The lowest BCUT2D eigenvalue weighted by molar-refractivity contribution is -0.158. The van der Waals surface area contributed by atoms with Crippen LogP contribution in [0.3, 0.4) is 0 Å². The summed E-state index contributed by atoms with van der Waals surface area (Å²) >= 11 is 0. The Kier molecular flexibility index (Phi) is 7.29. The zero-order valence-corrected chi connectivity index (χ0v) is 22.4. The van der Waals surface area contributed by atoms with Crippen LogP contribution in [-0.2, 0) is 31.0 Å². The summed E-state index contributed by atoms with van der Waals surface area (Å²) in [5.74, 6) is -0.852. The van der Waals surface area contributed by atoms with Crippen LogP contribution >= 0.6 is 0 Å². The maximum absolute atomic E-state index is 13.2. The molecule has 206 valence electrons. The summed E-state index contributed by atoms with van der Waals surface area (Å²) in [5.41, 5.74) is 2.54. The van der Waals surface area contributed by atoms with Gasteiger partial charge in [0.15, 0.2) is 0 Å². The molecule has 1 saturated carbocycles. The third-order valence-corrected chi connectivity index (χ3v) is 8.89. The molecule has 0 spiro atoms. The number of aryl methyl sites for hydroxylation is 1. The van der Waals surface area contributed by atoms with E-state index in [0.717, 1.165) is 22.2 Å². The number of likely N-dealkylation sites (tertiary alicyclic amines) is 1. The van der Waals surface area contributed by atoms with Gasteiger partial charge in [-0.15, -0.1) is 0 Å². The first-order valence-corrected chi connectivity index (χ1v) is 14.0. The molecule has 1 aliphatic carbocycles. The normalized spacial score (nSPS) is 20.1. The van der Waals surface area contributed by atoms with Crippen molar-refractivity contribution in [1.29, 1.82) is 0 Å². The van der Waals surface area contributed by atoms with Crippen molar-refractivity contribution in [3.63, 3.8) is 0 Å². The molecule has 2 aliphatic rings. The molecule has 2 amide bonds. The van der Waals surface area contributed by atoms with E-state index in [0.29, 0.717) is 18.6 Å². The zero-order valence-electron chi connectivity index (χ0n) is 21.6. The first-order valence-electron chi connectivity index (χ1n) is 12.5. The Bertz CT molecular complexity index is 1500. The molecule has 5 rings (SSSR count). The predicted molar refractivity (Wildman–Crippen MR) is 140 cm³/mol. The topological polar surface area (TPSA) is 147 Å². The highest BCUT2D eigenvalue weighted by Crippen LogP contribution is 2.35. The summed E-state index contributed by atoms with van der Waals surface area (Å²) in [6, 6.07) is 15.5. The third-order valence-electron chi connectivity index (χ3n) is 7.33. The molecule has 3 aromatic rings. The number of benzene rings is 2. The van der Waals surface area contributed by atoms with Crippen molar-refractivity contribution in [3.8, 4) is 5.75 Å². The van der Waals surface area contributed by atoms with Crippen LogP contribution in [-0.4, -0.2) is 67.2 Å². The van der Waals surface area contributed by atoms with Crippen molar-refractivity contribution < 1.29 is 32.7 Å². The fourth-order valence-electron chi connectivity index (χ4n) is 5.05. The molecule has 2 fully saturated rings. The van der Waals surface area contributed by atoms with Crippen molar-refractivity contribution in [2.75, 3.05) is 20.2 Å². The van der Waals surface area contributed by atoms with E-state index in [2.05, 4.69) is 9.71 Å². The van der Waals surface area contributed by atoms with Gasteiger partial charge in [-0.1, -0.05) is 18.2 Å². The summed E-state index contributed by atoms with van der Waals surface area (Å²) in [6.07, 6.45) is 1.20. The van der Waals surface area contributed by atoms with Gasteiger partial charge in [0.2, 0.25) is 15.9 Å². The molecular weight excluding hydrogens is 524 g/mol. The van der Waals surface area contributed by atoms with E-state index in [1.54, 1.807) is 7.11 Å². The average molecular weight is 555 g/mol. The lowest BCUT2D eigenvalue weighted by Crippen LogP contribution is -2.77. The van der Waals surface area contributed by atoms with Crippen molar-refractivity contribution in [1.82, 2.24) is 20.1 Å². The minimum Gasteiger partial charge on any atom is -0.489 e. The first-order chi connectivity index (χ1) is 18.6. The predicted octanol–water partition coefficient (Wildman–Crippen LogP) is 1.91. The largest absolute Gasteiger partial charge is 0.489 e. The van der Waals surface area contributed by atoms with Gasteiger partial charge < -0.3 is 14.4 Å². The number of rotatable bonds is 9. The number of nitrogens with zero attached hydrogens (tertiary/aromatic N) is 2. The minimum absolute atomic E-state index is 0.0318. The van der Waals surface area contributed by atoms with Crippen molar-refractivity contribution in [3.05, 3.63) is 65.9 Å². The lowest BCUT2D eigenvalue weighted by atomic mass is 9.79. The molecule has 12 heteroatoms. The molecule has 0 atom stereocenters. The quantitative estimate of drug-likeness (QED) is 0.269. The maximum atomic E-state index is 13.2. The molecule has 1 aromatic heterocycles. The molecule has 0 bridgehead atoms. The zero-order chi connectivity index (χ0) is 27.8. The van der Waals surface area contributed by atoms with Crippen LogP contribution in [0.5, 0.6) is 5.75 Å². The van der Waals surface area contributed by atoms with Crippen molar-refractivity contribution in [2.45, 2.75) is 42.9 Å². The second-order valence-electron chi connectivity index (χ2n) is 10.0. The third kappa shape index (κ3) is 5.33. The number of ether oxygens (including phenoxy) is 2. The second kappa shape index (κ2) is 10.5. The molecule has 3 N–H and O–H groups in total. The Morgan fingerprint density at radius 2 is 1.82 bits per heavy atom. The molecule has 2 aromatic carbocycles. The van der Waals surface area contributed by atoms with Gasteiger partial charge in [-0.2, -0.15) is 4.72 Å². The highest BCUT2D eigenvalue weighted by molar-refractivity contribution is 7.89. The number of hydroxylamine groups is 1. The van der Waals surface area contributed by atoms with Crippen LogP contribution in [0.2, 0.25) is 0 Å². The number of sulfonamides is 1. The van der Waals surface area contributed by atoms with E-state index in [-0.39, 0.29) is 42.5 Å². The Morgan fingerprint density at radius 1 is 1.13 bits per heavy atom. The molecule has 0 radical (unpaired) electrons. The number of hydrogen-bond acceptors (Lipinski definition) is 8. The summed E-state index contributed by atoms with van der Waals surface area (Å²) < 4.78 is 39.8. The monoisotopic (exact) mass is 554 g/mol. The number of hydrogen-bond donors (Lipinski definition) is 3. The Hall–Kier alpha value is -3.58. The molecule has 1 aliphatic heterocycles. The van der Waals surface area contributed by atoms with E-state index in [9.17, 15) is 23.2 Å². The van der Waals surface area contributed by atoms with Gasteiger partial charge in [-0.25, -0.2) is 13.9 Å². The lowest BCUT2D eigenvalue weighted by Gasteiger charge is -2.50. The molecule has 1 saturated heterocycles. The summed E-state index contributed by atoms with van der Waals surface area (Å²) in [5, 5.41) is 10.2. The Labute approximate surface area is 226 Å². The fourth-order valence-corrected chi connectivity index (χ4v) is 6.40. The van der Waals surface area contributed by atoms with Gasteiger partial charge in [0, 0.05) is 29.7 Å². The van der Waals surface area contributed by atoms with Crippen LogP contribution in [0.15, 0.2) is 59.5 Å². The molecular formula is C27H30N4O7S. The summed E-state index contributed by atoms with van der Waals surface area (Å²) in [4.78, 5) is 31.0. The number of aromatic nitrogens is 1. The molecule has 0 unspecified atom stereocenters. The average Bonchev–Trinajstić information content (AvgIpc) is 2.88. The van der Waals surface area contributed by atoms with E-state index in [1.165, 1.54) is 34.6 Å². The number of nitrogens with one attached hydrogen (secondary N) is 2. The van der Waals surface area contributed by atoms with E-state index in [1.807, 2.05) is 37.3 Å². The first kappa shape index (κ1) is 27.0. The van der Waals surface area contributed by atoms with E-state index in [4.69, 9.17) is 9.47 Å². The standard InChI is InChI=1S/C27H30N4O7S/c1-17-11-19(23-5-3-4-6-24(23)28-17)14-38-20-7-9-22(10-8-20)39(35,36)30-27(26(33)29-34)15-31(16-27)25(32)18-12-21(13-18)37-2/h3-11,18,21,30,34H,12-16H2,1-2H3,(H,29,33). The number of pyridine rings is 1. The number of fused-ring (bicyclic) bond motifs is 1. The van der Waals surface area contributed by atoms with Crippen molar-refractivity contribution in [2.24, 2.45) is 5.92 Å². The highest BCUT2D eigenvalue weighted by atomic mass is 32.2.